The largest absolute Gasteiger partial charge is 0.457 e. The molecule has 0 saturated heterocycles. The van der Waals surface area contributed by atoms with E-state index in [0.717, 1.165) is 16.2 Å². The van der Waals surface area contributed by atoms with Gasteiger partial charge in [0.2, 0.25) is 0 Å². The van der Waals surface area contributed by atoms with Gasteiger partial charge in [0.25, 0.3) is 11.8 Å². The van der Waals surface area contributed by atoms with Gasteiger partial charge in [-0.3, -0.25) is 9.59 Å². The van der Waals surface area contributed by atoms with Crippen LogP contribution in [0.5, 0.6) is 11.5 Å². The van der Waals surface area contributed by atoms with Crippen molar-refractivity contribution in [2.45, 2.75) is 13.8 Å². The highest BCUT2D eigenvalue weighted by Crippen LogP contribution is 2.28. The van der Waals surface area contributed by atoms with Crippen molar-refractivity contribution in [1.29, 1.82) is 0 Å². The summed E-state index contributed by atoms with van der Waals surface area (Å²) in [6.07, 6.45) is 2.53. The molecule has 0 aromatic heterocycles. The molecular formula is C18H15NO3. The Morgan fingerprint density at radius 3 is 2.09 bits per heavy atom. The van der Waals surface area contributed by atoms with Gasteiger partial charge in [-0.2, -0.15) is 0 Å². The molecule has 3 rings (SSSR count). The van der Waals surface area contributed by atoms with Crippen LogP contribution in [-0.2, 0) is 9.59 Å². The van der Waals surface area contributed by atoms with Crippen LogP contribution in [0, 0.1) is 13.8 Å². The molecule has 0 unspecified atom stereocenters. The summed E-state index contributed by atoms with van der Waals surface area (Å²) in [5, 5.41) is 0. The molecule has 0 atom stereocenters. The van der Waals surface area contributed by atoms with E-state index in [9.17, 15) is 9.59 Å². The third kappa shape index (κ3) is 2.63. The minimum absolute atomic E-state index is 0.326. The first-order valence-electron chi connectivity index (χ1n) is 6.96. The second-order valence-corrected chi connectivity index (χ2v) is 5.21. The van der Waals surface area contributed by atoms with Gasteiger partial charge in [0.1, 0.15) is 11.5 Å². The number of aryl methyl sites for hydroxylation is 2. The standard InChI is InChI=1S/C18H15NO3/c1-12-3-8-16(13(2)11-12)22-15-6-4-14(5-7-15)19-17(20)9-10-18(19)21/h3-11H,1-2H3. The molecule has 1 aliphatic heterocycles. The summed E-state index contributed by atoms with van der Waals surface area (Å²) in [5.41, 5.74) is 2.77. The van der Waals surface area contributed by atoms with E-state index in [-0.39, 0.29) is 11.8 Å². The van der Waals surface area contributed by atoms with Crippen molar-refractivity contribution in [3.8, 4) is 11.5 Å². The van der Waals surface area contributed by atoms with Gasteiger partial charge < -0.3 is 4.74 Å². The normalized spacial score (nSPS) is 13.8. The molecule has 0 N–H and O–H groups in total. The summed E-state index contributed by atoms with van der Waals surface area (Å²) in [6.45, 7) is 4.02. The lowest BCUT2D eigenvalue weighted by Crippen LogP contribution is -2.29. The summed E-state index contributed by atoms with van der Waals surface area (Å²) in [6, 6.07) is 12.8. The Balaban J connectivity index is 1.80. The number of hydrogen-bond acceptors (Lipinski definition) is 3. The van der Waals surface area contributed by atoms with Crippen LogP contribution in [0.4, 0.5) is 5.69 Å². The van der Waals surface area contributed by atoms with Crippen LogP contribution >= 0.6 is 0 Å². The van der Waals surface area contributed by atoms with Crippen LogP contribution in [0.1, 0.15) is 11.1 Å². The molecule has 2 aromatic carbocycles. The van der Waals surface area contributed by atoms with E-state index in [2.05, 4.69) is 6.07 Å². The van der Waals surface area contributed by atoms with Gasteiger partial charge in [-0.25, -0.2) is 4.90 Å². The summed E-state index contributed by atoms with van der Waals surface area (Å²) in [4.78, 5) is 24.4. The number of imide groups is 1. The van der Waals surface area contributed by atoms with E-state index in [1.807, 2.05) is 26.0 Å². The minimum atomic E-state index is -0.326. The Morgan fingerprint density at radius 1 is 0.864 bits per heavy atom. The maximum atomic E-state index is 11.6. The average molecular weight is 293 g/mol. The van der Waals surface area contributed by atoms with Crippen LogP contribution in [0.2, 0.25) is 0 Å². The monoisotopic (exact) mass is 293 g/mol. The highest BCUT2D eigenvalue weighted by atomic mass is 16.5. The number of amides is 2. The van der Waals surface area contributed by atoms with E-state index in [1.165, 1.54) is 17.7 Å². The van der Waals surface area contributed by atoms with Crippen LogP contribution in [-0.4, -0.2) is 11.8 Å². The van der Waals surface area contributed by atoms with Gasteiger partial charge in [-0.15, -0.1) is 0 Å². The quantitative estimate of drug-likeness (QED) is 0.813. The first-order chi connectivity index (χ1) is 10.5. The Hall–Kier alpha value is -2.88. The summed E-state index contributed by atoms with van der Waals surface area (Å²) in [7, 11) is 0. The summed E-state index contributed by atoms with van der Waals surface area (Å²) < 4.78 is 5.83. The minimum Gasteiger partial charge on any atom is -0.457 e. The number of benzene rings is 2. The SMILES string of the molecule is Cc1ccc(Oc2ccc(N3C(=O)C=CC3=O)cc2)c(C)c1. The Morgan fingerprint density at radius 2 is 1.50 bits per heavy atom. The first kappa shape index (κ1) is 14.1. The number of ether oxygens (including phenoxy) is 1. The van der Waals surface area contributed by atoms with E-state index in [4.69, 9.17) is 4.74 Å². The smallest absolute Gasteiger partial charge is 0.258 e. The molecule has 2 aromatic rings. The second kappa shape index (κ2) is 5.48. The molecule has 2 amide bonds. The highest BCUT2D eigenvalue weighted by Gasteiger charge is 2.24. The number of carbonyl (C=O) groups is 2. The van der Waals surface area contributed by atoms with Crippen molar-refractivity contribution in [1.82, 2.24) is 0 Å². The predicted molar refractivity (Wildman–Crippen MR) is 84.1 cm³/mol. The lowest BCUT2D eigenvalue weighted by molar-refractivity contribution is -0.119. The average Bonchev–Trinajstić information content (AvgIpc) is 2.82. The third-order valence-corrected chi connectivity index (χ3v) is 3.46. The van der Waals surface area contributed by atoms with Crippen molar-refractivity contribution in [2.75, 3.05) is 4.90 Å². The number of nitrogens with zero attached hydrogens (tertiary/aromatic N) is 1. The highest BCUT2D eigenvalue weighted by molar-refractivity contribution is 6.28. The van der Waals surface area contributed by atoms with Gasteiger partial charge in [-0.05, 0) is 49.7 Å². The lowest BCUT2D eigenvalue weighted by Gasteiger charge is -2.15. The van der Waals surface area contributed by atoms with Gasteiger partial charge in [0.05, 0.1) is 5.69 Å². The molecule has 4 nitrogen and oxygen atoms in total. The zero-order chi connectivity index (χ0) is 15.7. The van der Waals surface area contributed by atoms with Crippen LogP contribution in [0.15, 0.2) is 54.6 Å². The van der Waals surface area contributed by atoms with E-state index < -0.39 is 0 Å². The van der Waals surface area contributed by atoms with Crippen molar-refractivity contribution in [3.63, 3.8) is 0 Å². The van der Waals surface area contributed by atoms with Crippen molar-refractivity contribution < 1.29 is 14.3 Å². The van der Waals surface area contributed by atoms with Crippen LogP contribution < -0.4 is 9.64 Å². The maximum absolute atomic E-state index is 11.6. The van der Waals surface area contributed by atoms with E-state index in [1.54, 1.807) is 24.3 Å². The fourth-order valence-corrected chi connectivity index (χ4v) is 2.36. The van der Waals surface area contributed by atoms with E-state index in [0.29, 0.717) is 11.4 Å². The van der Waals surface area contributed by atoms with Gasteiger partial charge in [0, 0.05) is 12.2 Å². The zero-order valence-electron chi connectivity index (χ0n) is 12.4. The Kier molecular flexibility index (Phi) is 3.51. The number of rotatable bonds is 3. The topological polar surface area (TPSA) is 46.6 Å². The number of anilines is 1. The second-order valence-electron chi connectivity index (χ2n) is 5.21. The van der Waals surface area contributed by atoms with Gasteiger partial charge in [-0.1, -0.05) is 17.7 Å². The van der Waals surface area contributed by atoms with Crippen molar-refractivity contribution in [3.05, 3.63) is 65.7 Å². The fraction of sp³-hybridized carbons (Fsp3) is 0.111. The summed E-state index contributed by atoms with van der Waals surface area (Å²) in [5.74, 6) is 0.789. The summed E-state index contributed by atoms with van der Waals surface area (Å²) >= 11 is 0. The zero-order valence-corrected chi connectivity index (χ0v) is 12.4. The molecular weight excluding hydrogens is 278 g/mol. The first-order valence-corrected chi connectivity index (χ1v) is 6.96. The third-order valence-electron chi connectivity index (χ3n) is 3.46. The predicted octanol–water partition coefficient (Wildman–Crippen LogP) is 3.53. The fourth-order valence-electron chi connectivity index (χ4n) is 2.36. The Labute approximate surface area is 128 Å². The van der Waals surface area contributed by atoms with Crippen molar-refractivity contribution >= 4 is 17.5 Å². The number of carbonyl (C=O) groups excluding carboxylic acids is 2. The molecule has 22 heavy (non-hydrogen) atoms. The molecule has 0 spiro atoms. The Bertz CT molecular complexity index is 757. The molecule has 1 aliphatic rings. The molecule has 1 heterocycles. The van der Waals surface area contributed by atoms with Crippen molar-refractivity contribution in [2.24, 2.45) is 0 Å². The van der Waals surface area contributed by atoms with Gasteiger partial charge in [0.15, 0.2) is 0 Å². The molecule has 110 valence electrons. The van der Waals surface area contributed by atoms with Crippen LogP contribution in [0.25, 0.3) is 0 Å². The lowest BCUT2D eigenvalue weighted by atomic mass is 10.1. The molecule has 0 radical (unpaired) electrons. The maximum Gasteiger partial charge on any atom is 0.258 e. The van der Waals surface area contributed by atoms with Gasteiger partial charge >= 0.3 is 0 Å². The molecule has 0 saturated carbocycles. The molecule has 0 aliphatic carbocycles. The molecule has 0 bridgehead atoms. The molecule has 4 heteroatoms. The molecule has 0 fully saturated rings. The number of hydrogen-bond donors (Lipinski definition) is 0. The van der Waals surface area contributed by atoms with Crippen LogP contribution in [0.3, 0.4) is 0 Å². The van der Waals surface area contributed by atoms with E-state index >= 15 is 0 Å².